The Labute approximate surface area is 78.4 Å². The number of hydrogen-bond acceptors (Lipinski definition) is 2. The standard InChI is InChI=1S/C8H8.H2O4Se/c1-2-8-6-4-3-5-7-8;1-5(2,3)4/h2-7H,1H2;(H2,1,2,3,4). The van der Waals surface area contributed by atoms with Gasteiger partial charge in [0, 0.05) is 0 Å². The van der Waals surface area contributed by atoms with E-state index in [2.05, 4.69) is 6.58 Å². The van der Waals surface area contributed by atoms with Crippen LogP contribution in [0.5, 0.6) is 0 Å². The van der Waals surface area contributed by atoms with Crippen molar-refractivity contribution in [3.05, 3.63) is 42.5 Å². The van der Waals surface area contributed by atoms with E-state index in [9.17, 15) is 0 Å². The Kier molecular flexibility index (Phi) is 5.18. The van der Waals surface area contributed by atoms with E-state index in [-0.39, 0.29) is 0 Å². The maximum absolute atomic E-state index is 8.82. The van der Waals surface area contributed by atoms with E-state index in [1.807, 2.05) is 36.4 Å². The first-order valence-electron chi connectivity index (χ1n) is 3.31. The molecular formula is C8H10O4Se. The third-order valence-corrected chi connectivity index (χ3v) is 1.04. The monoisotopic (exact) mass is 250 g/mol. The molecule has 4 nitrogen and oxygen atoms in total. The van der Waals surface area contributed by atoms with Crippen LogP contribution in [0.2, 0.25) is 0 Å². The zero-order valence-corrected chi connectivity index (χ0v) is 8.50. The van der Waals surface area contributed by atoms with Crippen LogP contribution in [0.25, 0.3) is 6.08 Å². The SMILES string of the molecule is C=Cc1ccccc1.O=[Se](=O)(O)O. The summed E-state index contributed by atoms with van der Waals surface area (Å²) in [6.45, 7) is 3.63. The summed E-state index contributed by atoms with van der Waals surface area (Å²) in [7, 11) is 0. The Morgan fingerprint density at radius 1 is 1.15 bits per heavy atom. The van der Waals surface area contributed by atoms with E-state index in [4.69, 9.17) is 16.0 Å². The van der Waals surface area contributed by atoms with Gasteiger partial charge >= 0.3 is 29.4 Å². The zero-order chi connectivity index (χ0) is 10.3. The van der Waals surface area contributed by atoms with Gasteiger partial charge in [0.15, 0.2) is 0 Å². The number of rotatable bonds is 1. The molecule has 0 aliphatic carbocycles. The number of benzene rings is 1. The Bertz CT molecular complexity index is 334. The van der Waals surface area contributed by atoms with Gasteiger partial charge in [0.25, 0.3) is 0 Å². The molecular weight excluding hydrogens is 239 g/mol. The van der Waals surface area contributed by atoms with Crippen LogP contribution in [0.1, 0.15) is 5.56 Å². The fraction of sp³-hybridized carbons (Fsp3) is 0. The van der Waals surface area contributed by atoms with Gasteiger partial charge in [-0.05, 0) is 5.56 Å². The van der Waals surface area contributed by atoms with Gasteiger partial charge in [0.05, 0.1) is 0 Å². The van der Waals surface area contributed by atoms with Crippen LogP contribution in [0.3, 0.4) is 0 Å². The molecule has 0 atom stereocenters. The van der Waals surface area contributed by atoms with Crippen LogP contribution in [-0.2, 0) is 7.67 Å². The van der Waals surface area contributed by atoms with Crippen LogP contribution < -0.4 is 0 Å². The fourth-order valence-electron chi connectivity index (χ4n) is 0.589. The predicted molar refractivity (Wildman–Crippen MR) is 48.1 cm³/mol. The molecule has 13 heavy (non-hydrogen) atoms. The Morgan fingerprint density at radius 2 is 1.54 bits per heavy atom. The molecule has 1 aromatic carbocycles. The molecule has 0 aromatic heterocycles. The van der Waals surface area contributed by atoms with Gasteiger partial charge < -0.3 is 0 Å². The van der Waals surface area contributed by atoms with Crippen molar-refractivity contribution in [2.45, 2.75) is 0 Å². The molecule has 0 radical (unpaired) electrons. The van der Waals surface area contributed by atoms with Crippen molar-refractivity contribution in [1.29, 1.82) is 0 Å². The van der Waals surface area contributed by atoms with Crippen molar-refractivity contribution in [3.63, 3.8) is 0 Å². The molecule has 72 valence electrons. The van der Waals surface area contributed by atoms with Gasteiger partial charge in [0.1, 0.15) is 0 Å². The third kappa shape index (κ3) is 11.0. The number of hydrogen-bond donors (Lipinski definition) is 2. The van der Waals surface area contributed by atoms with E-state index in [0.29, 0.717) is 0 Å². The average molecular weight is 249 g/mol. The van der Waals surface area contributed by atoms with E-state index in [0.717, 1.165) is 0 Å². The molecule has 0 amide bonds. The summed E-state index contributed by atoms with van der Waals surface area (Å²) >= 11 is -5.25. The van der Waals surface area contributed by atoms with Crippen LogP contribution in [0.4, 0.5) is 0 Å². The van der Waals surface area contributed by atoms with Crippen molar-refractivity contribution in [3.8, 4) is 0 Å². The second-order valence-corrected chi connectivity index (χ2v) is 3.94. The Morgan fingerprint density at radius 3 is 1.77 bits per heavy atom. The molecule has 1 rings (SSSR count). The van der Waals surface area contributed by atoms with Crippen molar-refractivity contribution in [2.24, 2.45) is 0 Å². The molecule has 0 saturated heterocycles. The molecule has 1 aromatic rings. The Balaban J connectivity index is 0.000000252. The molecule has 5 heteroatoms. The molecule has 0 heterocycles. The quantitative estimate of drug-likeness (QED) is 0.714. The summed E-state index contributed by atoms with van der Waals surface area (Å²) in [6.07, 6.45) is 1.83. The molecule has 0 unspecified atom stereocenters. The third-order valence-electron chi connectivity index (χ3n) is 1.04. The maximum atomic E-state index is 8.82. The fourth-order valence-corrected chi connectivity index (χ4v) is 0.589. The van der Waals surface area contributed by atoms with E-state index in [1.54, 1.807) is 0 Å². The normalized spacial score (nSPS) is 9.69. The van der Waals surface area contributed by atoms with Gasteiger partial charge in [-0.25, -0.2) is 0 Å². The summed E-state index contributed by atoms with van der Waals surface area (Å²) in [5.74, 6) is 0. The van der Waals surface area contributed by atoms with Crippen LogP contribution in [0, 0.1) is 0 Å². The van der Waals surface area contributed by atoms with Crippen molar-refractivity contribution < 1.29 is 16.0 Å². The second kappa shape index (κ2) is 5.61. The minimum atomic E-state index is -5.25. The predicted octanol–water partition coefficient (Wildman–Crippen LogP) is 0.597. The van der Waals surface area contributed by atoms with Gasteiger partial charge in [-0.15, -0.1) is 0 Å². The molecule has 0 saturated carbocycles. The van der Waals surface area contributed by atoms with Crippen LogP contribution in [0.15, 0.2) is 36.9 Å². The van der Waals surface area contributed by atoms with Gasteiger partial charge in [0.2, 0.25) is 0 Å². The van der Waals surface area contributed by atoms with E-state index < -0.39 is 13.4 Å². The van der Waals surface area contributed by atoms with E-state index in [1.165, 1.54) is 5.56 Å². The summed E-state index contributed by atoms with van der Waals surface area (Å²) in [6, 6.07) is 10.0. The summed E-state index contributed by atoms with van der Waals surface area (Å²) in [4.78, 5) is 0. The summed E-state index contributed by atoms with van der Waals surface area (Å²) in [5, 5.41) is 0. The van der Waals surface area contributed by atoms with Gasteiger partial charge in [-0.2, -0.15) is 0 Å². The molecule has 0 aliphatic heterocycles. The van der Waals surface area contributed by atoms with Gasteiger partial charge in [-0.1, -0.05) is 43.0 Å². The van der Waals surface area contributed by atoms with Crippen molar-refractivity contribution in [2.75, 3.05) is 0 Å². The first kappa shape index (κ1) is 12.0. The molecule has 0 fully saturated rings. The van der Waals surface area contributed by atoms with Crippen LogP contribution in [-0.4, -0.2) is 21.7 Å². The molecule has 0 bridgehead atoms. The van der Waals surface area contributed by atoms with Crippen molar-refractivity contribution >= 4 is 19.4 Å². The molecule has 2 N–H and O–H groups in total. The average Bonchev–Trinajstić information content (AvgIpc) is 2.03. The zero-order valence-electron chi connectivity index (χ0n) is 6.79. The molecule has 0 aliphatic rings. The topological polar surface area (TPSA) is 74.6 Å². The Hall–Kier alpha value is -1.00. The summed E-state index contributed by atoms with van der Waals surface area (Å²) in [5.41, 5.74) is 1.17. The summed E-state index contributed by atoms with van der Waals surface area (Å²) < 4.78 is 31.9. The van der Waals surface area contributed by atoms with Gasteiger partial charge in [-0.3, -0.25) is 0 Å². The molecule has 0 spiro atoms. The van der Waals surface area contributed by atoms with E-state index >= 15 is 0 Å². The first-order chi connectivity index (χ1) is 5.93. The first-order valence-corrected chi connectivity index (χ1v) is 6.24. The van der Waals surface area contributed by atoms with Crippen molar-refractivity contribution in [1.82, 2.24) is 0 Å². The minimum absolute atomic E-state index is 1.17. The second-order valence-electron chi connectivity index (χ2n) is 2.06. The van der Waals surface area contributed by atoms with Crippen LogP contribution >= 0.6 is 0 Å².